The molecule has 0 bridgehead atoms. The molecule has 2 rings (SSSR count). The monoisotopic (exact) mass is 361 g/mol. The van der Waals surface area contributed by atoms with Gasteiger partial charge < -0.3 is 13.6 Å². The first kappa shape index (κ1) is 18.6. The van der Waals surface area contributed by atoms with E-state index in [4.69, 9.17) is 10.00 Å². The van der Waals surface area contributed by atoms with Crippen LogP contribution in [0.1, 0.15) is 22.3 Å². The van der Waals surface area contributed by atoms with Gasteiger partial charge in [-0.05, 0) is 42.5 Å². The third kappa shape index (κ3) is 4.62. The van der Waals surface area contributed by atoms with Gasteiger partial charge in [-0.2, -0.15) is 5.26 Å². The number of nitriles is 1. The highest BCUT2D eigenvalue weighted by molar-refractivity contribution is 7.80. The van der Waals surface area contributed by atoms with Gasteiger partial charge in [-0.3, -0.25) is 9.00 Å². The van der Waals surface area contributed by atoms with Crippen molar-refractivity contribution < 1.29 is 22.7 Å². The van der Waals surface area contributed by atoms with Crippen molar-refractivity contribution in [2.24, 2.45) is 0 Å². The Hall–Kier alpha value is -2.76. The molecule has 0 aromatic heterocycles. The van der Waals surface area contributed by atoms with E-state index in [0.29, 0.717) is 11.3 Å². The number of halogens is 1. The van der Waals surface area contributed by atoms with Crippen LogP contribution in [0.2, 0.25) is 0 Å². The molecule has 0 fully saturated rings. The molecule has 2 aromatic carbocycles. The van der Waals surface area contributed by atoms with E-state index in [1.165, 1.54) is 13.2 Å². The van der Waals surface area contributed by atoms with Crippen molar-refractivity contribution in [3.63, 3.8) is 0 Å². The van der Waals surface area contributed by atoms with Crippen molar-refractivity contribution >= 4 is 22.7 Å². The van der Waals surface area contributed by atoms with Gasteiger partial charge in [0.2, 0.25) is 0 Å². The lowest BCUT2D eigenvalue weighted by Gasteiger charge is -2.27. The Labute approximate surface area is 146 Å². The van der Waals surface area contributed by atoms with Gasteiger partial charge in [-0.1, -0.05) is 0 Å². The standard InChI is InChI=1S/C17H15FN2O4S/c1-24-15-5-2-12(3-6-15)17(21)8-9-20(25(22)23)16-7-4-14(18)10-13(16)11-19/h2-7,10H,8-9H2,1H3,(H,22,23)/p-1. The molecule has 25 heavy (non-hydrogen) atoms. The normalized spacial score (nSPS) is 11.4. The Morgan fingerprint density at radius 1 is 1.32 bits per heavy atom. The highest BCUT2D eigenvalue weighted by Crippen LogP contribution is 2.23. The molecule has 8 heteroatoms. The highest BCUT2D eigenvalue weighted by Gasteiger charge is 2.15. The number of hydrogen-bond donors (Lipinski definition) is 0. The topological polar surface area (TPSA) is 93.5 Å². The molecule has 1 atom stereocenters. The van der Waals surface area contributed by atoms with Gasteiger partial charge >= 0.3 is 0 Å². The van der Waals surface area contributed by atoms with Crippen LogP contribution in [-0.4, -0.2) is 28.2 Å². The van der Waals surface area contributed by atoms with Gasteiger partial charge in [-0.25, -0.2) is 4.39 Å². The van der Waals surface area contributed by atoms with Gasteiger partial charge in [0.1, 0.15) is 17.6 Å². The molecule has 0 spiro atoms. The fraction of sp³-hybridized carbons (Fsp3) is 0.176. The zero-order valence-corrected chi connectivity index (χ0v) is 14.1. The summed E-state index contributed by atoms with van der Waals surface area (Å²) in [6.07, 6.45) is -0.0947. The van der Waals surface area contributed by atoms with Gasteiger partial charge in [0.25, 0.3) is 0 Å². The molecule has 0 saturated carbocycles. The minimum atomic E-state index is -2.71. The summed E-state index contributed by atoms with van der Waals surface area (Å²) in [7, 11) is 1.51. The minimum absolute atomic E-state index is 0.0276. The van der Waals surface area contributed by atoms with E-state index in [2.05, 4.69) is 0 Å². The smallest absolute Gasteiger partial charge is 0.164 e. The predicted octanol–water partition coefficient (Wildman–Crippen LogP) is 2.58. The fourth-order valence-electron chi connectivity index (χ4n) is 2.21. The van der Waals surface area contributed by atoms with E-state index in [1.807, 2.05) is 0 Å². The van der Waals surface area contributed by atoms with Crippen molar-refractivity contribution in [2.45, 2.75) is 6.42 Å². The number of nitrogens with zero attached hydrogens (tertiary/aromatic N) is 2. The minimum Gasteiger partial charge on any atom is -0.755 e. The van der Waals surface area contributed by atoms with Crippen molar-refractivity contribution in [3.05, 3.63) is 59.4 Å². The summed E-state index contributed by atoms with van der Waals surface area (Å²) >= 11 is -2.71. The van der Waals surface area contributed by atoms with Crippen LogP contribution in [0.25, 0.3) is 0 Å². The van der Waals surface area contributed by atoms with Gasteiger partial charge in [0.15, 0.2) is 5.78 Å². The number of Topliss-reactive ketones (excluding diaryl/α,β-unsaturated/α-hetero) is 1. The summed E-state index contributed by atoms with van der Waals surface area (Å²) in [6.45, 7) is -0.165. The number of methoxy groups -OCH3 is 1. The zero-order chi connectivity index (χ0) is 18.4. The molecule has 0 amide bonds. The second kappa shape index (κ2) is 8.37. The Balaban J connectivity index is 2.16. The molecule has 0 heterocycles. The van der Waals surface area contributed by atoms with Crippen LogP contribution in [0.5, 0.6) is 5.75 Å². The Morgan fingerprint density at radius 3 is 2.56 bits per heavy atom. The molecular formula is C17H14FN2O4S-. The molecule has 1 unspecified atom stereocenters. The molecule has 0 aliphatic heterocycles. The van der Waals surface area contributed by atoms with E-state index in [0.717, 1.165) is 16.4 Å². The SMILES string of the molecule is COc1ccc(C(=O)CCN(c2ccc(F)cc2C#N)S(=O)[O-])cc1. The van der Waals surface area contributed by atoms with Crippen molar-refractivity contribution in [2.75, 3.05) is 18.0 Å². The van der Waals surface area contributed by atoms with E-state index >= 15 is 0 Å². The number of benzene rings is 2. The highest BCUT2D eigenvalue weighted by atomic mass is 32.2. The molecule has 0 aliphatic rings. The summed E-state index contributed by atoms with van der Waals surface area (Å²) in [5, 5.41) is 9.06. The number of hydrogen-bond acceptors (Lipinski definition) is 5. The predicted molar refractivity (Wildman–Crippen MR) is 89.3 cm³/mol. The molecule has 2 aromatic rings. The number of carbonyl (C=O) groups excluding carboxylic acids is 1. The maximum absolute atomic E-state index is 13.2. The number of ether oxygens (including phenoxy) is 1. The van der Waals surface area contributed by atoms with Crippen molar-refractivity contribution in [1.29, 1.82) is 5.26 Å². The van der Waals surface area contributed by atoms with Crippen LogP contribution in [-0.2, 0) is 11.3 Å². The Bertz CT molecular complexity index is 834. The van der Waals surface area contributed by atoms with E-state index in [-0.39, 0.29) is 30.0 Å². The Kier molecular flexibility index (Phi) is 6.22. The van der Waals surface area contributed by atoms with Crippen LogP contribution in [0.3, 0.4) is 0 Å². The number of ketones is 1. The molecule has 130 valence electrons. The van der Waals surface area contributed by atoms with Crippen molar-refractivity contribution in [3.8, 4) is 11.8 Å². The van der Waals surface area contributed by atoms with Gasteiger partial charge in [0.05, 0.1) is 18.4 Å². The second-order valence-electron chi connectivity index (χ2n) is 4.99. The van der Waals surface area contributed by atoms with Crippen LogP contribution < -0.4 is 9.04 Å². The average Bonchev–Trinajstić information content (AvgIpc) is 2.62. The first-order chi connectivity index (χ1) is 12.0. The fourth-order valence-corrected chi connectivity index (χ4v) is 2.78. The van der Waals surface area contributed by atoms with Crippen LogP contribution >= 0.6 is 0 Å². The molecular weight excluding hydrogens is 347 g/mol. The Morgan fingerprint density at radius 2 is 2.00 bits per heavy atom. The first-order valence-corrected chi connectivity index (χ1v) is 8.23. The van der Waals surface area contributed by atoms with Crippen LogP contribution in [0, 0.1) is 17.1 Å². The zero-order valence-electron chi connectivity index (χ0n) is 13.3. The van der Waals surface area contributed by atoms with E-state index in [9.17, 15) is 17.9 Å². The van der Waals surface area contributed by atoms with E-state index in [1.54, 1.807) is 30.3 Å². The lowest BCUT2D eigenvalue weighted by molar-refractivity contribution is 0.0985. The molecule has 0 radical (unpaired) electrons. The molecule has 0 saturated heterocycles. The lowest BCUT2D eigenvalue weighted by atomic mass is 10.1. The quantitative estimate of drug-likeness (QED) is 0.558. The average molecular weight is 361 g/mol. The van der Waals surface area contributed by atoms with Crippen LogP contribution in [0.4, 0.5) is 10.1 Å². The maximum atomic E-state index is 13.2. The number of rotatable bonds is 7. The molecule has 0 N–H and O–H groups in total. The van der Waals surface area contributed by atoms with Gasteiger partial charge in [-0.15, -0.1) is 0 Å². The summed E-state index contributed by atoms with van der Waals surface area (Å²) in [5.74, 6) is -0.311. The van der Waals surface area contributed by atoms with Crippen LogP contribution in [0.15, 0.2) is 42.5 Å². The summed E-state index contributed by atoms with van der Waals surface area (Å²) < 4.78 is 42.0. The van der Waals surface area contributed by atoms with E-state index < -0.39 is 17.1 Å². The number of carbonyl (C=O) groups is 1. The van der Waals surface area contributed by atoms with Gasteiger partial charge in [0, 0.05) is 29.8 Å². The number of anilines is 1. The first-order valence-electron chi connectivity index (χ1n) is 7.20. The molecule has 6 nitrogen and oxygen atoms in total. The third-order valence-corrected chi connectivity index (χ3v) is 4.22. The second-order valence-corrected chi connectivity index (χ2v) is 5.87. The van der Waals surface area contributed by atoms with Crippen molar-refractivity contribution in [1.82, 2.24) is 0 Å². The molecule has 0 aliphatic carbocycles. The third-order valence-electron chi connectivity index (χ3n) is 3.48. The maximum Gasteiger partial charge on any atom is 0.164 e. The summed E-state index contributed by atoms with van der Waals surface area (Å²) in [5.41, 5.74) is 0.318. The summed E-state index contributed by atoms with van der Waals surface area (Å²) in [6, 6.07) is 11.4. The summed E-state index contributed by atoms with van der Waals surface area (Å²) in [4.78, 5) is 12.2. The largest absolute Gasteiger partial charge is 0.755 e. The lowest BCUT2D eigenvalue weighted by Crippen LogP contribution is -2.29.